The Balaban J connectivity index is 4.46. The second kappa shape index (κ2) is 56.2. The number of esters is 3. The van der Waals surface area contributed by atoms with Crippen LogP contribution in [0.2, 0.25) is 0 Å². The maximum atomic E-state index is 12.9. The van der Waals surface area contributed by atoms with E-state index in [2.05, 4.69) is 106 Å². The molecule has 0 heterocycles. The van der Waals surface area contributed by atoms with Gasteiger partial charge >= 0.3 is 17.9 Å². The number of carbonyl (C=O) groups excluding carboxylic acids is 3. The first-order chi connectivity index (χ1) is 33.5. The Morgan fingerprint density at radius 1 is 0.309 bits per heavy atom. The molecule has 0 spiro atoms. The van der Waals surface area contributed by atoms with Crippen molar-refractivity contribution >= 4 is 17.9 Å². The summed E-state index contributed by atoms with van der Waals surface area (Å²) in [6.45, 7) is 6.48. The van der Waals surface area contributed by atoms with E-state index in [1.54, 1.807) is 0 Å². The third-order valence-corrected chi connectivity index (χ3v) is 12.1. The van der Waals surface area contributed by atoms with Crippen molar-refractivity contribution in [3.8, 4) is 0 Å². The molecule has 0 saturated carbocycles. The van der Waals surface area contributed by atoms with Crippen molar-refractivity contribution < 1.29 is 28.6 Å². The first-order valence-electron chi connectivity index (χ1n) is 28.6. The summed E-state index contributed by atoms with van der Waals surface area (Å²) in [7, 11) is 0. The Morgan fingerprint density at radius 2 is 0.574 bits per heavy atom. The van der Waals surface area contributed by atoms with Crippen molar-refractivity contribution in [3.05, 3.63) is 85.1 Å². The van der Waals surface area contributed by atoms with Gasteiger partial charge in [-0.3, -0.25) is 14.4 Å². The van der Waals surface area contributed by atoms with E-state index in [0.29, 0.717) is 19.3 Å². The van der Waals surface area contributed by atoms with Gasteiger partial charge in [-0.1, -0.05) is 221 Å². The van der Waals surface area contributed by atoms with E-state index in [1.165, 1.54) is 128 Å². The molecular formula is C62H106O6. The van der Waals surface area contributed by atoms with E-state index in [9.17, 15) is 14.4 Å². The maximum absolute atomic E-state index is 12.9. The number of hydrogen-bond donors (Lipinski definition) is 0. The molecule has 0 aromatic heterocycles. The molecule has 0 unspecified atom stereocenters. The third-order valence-electron chi connectivity index (χ3n) is 12.1. The zero-order valence-corrected chi connectivity index (χ0v) is 44.6. The van der Waals surface area contributed by atoms with Crippen LogP contribution in [0.5, 0.6) is 0 Å². The summed E-state index contributed by atoms with van der Waals surface area (Å²) in [5.74, 6) is -0.933. The van der Waals surface area contributed by atoms with E-state index in [0.717, 1.165) is 103 Å². The van der Waals surface area contributed by atoms with E-state index < -0.39 is 6.10 Å². The summed E-state index contributed by atoms with van der Waals surface area (Å²) in [5.41, 5.74) is 0. The van der Waals surface area contributed by atoms with Crippen LogP contribution >= 0.6 is 0 Å². The van der Waals surface area contributed by atoms with Gasteiger partial charge in [0, 0.05) is 19.3 Å². The van der Waals surface area contributed by atoms with Gasteiger partial charge in [0.25, 0.3) is 0 Å². The minimum Gasteiger partial charge on any atom is -0.462 e. The lowest BCUT2D eigenvalue weighted by Crippen LogP contribution is -2.30. The summed E-state index contributed by atoms with van der Waals surface area (Å²) in [5, 5.41) is 0. The highest BCUT2D eigenvalue weighted by molar-refractivity contribution is 5.71. The van der Waals surface area contributed by atoms with Gasteiger partial charge < -0.3 is 14.2 Å². The Kier molecular flexibility index (Phi) is 53.4. The fraction of sp³-hybridized carbons (Fsp3) is 0.726. The molecule has 6 heteroatoms. The quantitative estimate of drug-likeness (QED) is 0.0262. The van der Waals surface area contributed by atoms with Crippen LogP contribution in [0.3, 0.4) is 0 Å². The zero-order chi connectivity index (χ0) is 49.3. The smallest absolute Gasteiger partial charge is 0.306 e. The van der Waals surface area contributed by atoms with Gasteiger partial charge in [-0.05, 0) is 116 Å². The molecule has 0 saturated heterocycles. The number of ether oxygens (including phenoxy) is 3. The first-order valence-corrected chi connectivity index (χ1v) is 28.6. The summed E-state index contributed by atoms with van der Waals surface area (Å²) in [4.78, 5) is 38.1. The van der Waals surface area contributed by atoms with Crippen molar-refractivity contribution in [2.45, 2.75) is 277 Å². The van der Waals surface area contributed by atoms with Crippen LogP contribution in [0.4, 0.5) is 0 Å². The van der Waals surface area contributed by atoms with E-state index in [-0.39, 0.29) is 31.1 Å². The predicted molar refractivity (Wildman–Crippen MR) is 293 cm³/mol. The minimum absolute atomic E-state index is 0.0930. The van der Waals surface area contributed by atoms with Crippen LogP contribution in [0.15, 0.2) is 85.1 Å². The molecule has 0 fully saturated rings. The summed E-state index contributed by atoms with van der Waals surface area (Å²) in [6, 6.07) is 0. The largest absolute Gasteiger partial charge is 0.462 e. The molecule has 0 rings (SSSR count). The number of carbonyl (C=O) groups is 3. The molecule has 0 aliphatic heterocycles. The lowest BCUT2D eigenvalue weighted by Gasteiger charge is -2.18. The highest BCUT2D eigenvalue weighted by Gasteiger charge is 2.19. The highest BCUT2D eigenvalue weighted by atomic mass is 16.6. The maximum Gasteiger partial charge on any atom is 0.306 e. The molecule has 1 atom stereocenters. The van der Waals surface area contributed by atoms with E-state index >= 15 is 0 Å². The Hall–Kier alpha value is -3.41. The average Bonchev–Trinajstić information content (AvgIpc) is 3.34. The van der Waals surface area contributed by atoms with Crippen molar-refractivity contribution in [1.82, 2.24) is 0 Å². The van der Waals surface area contributed by atoms with Crippen LogP contribution in [0.25, 0.3) is 0 Å². The number of hydrogen-bond acceptors (Lipinski definition) is 6. The molecule has 0 aliphatic rings. The van der Waals surface area contributed by atoms with Crippen LogP contribution in [-0.2, 0) is 28.6 Å². The standard InChI is InChI=1S/C62H106O6/c1-4-7-10-13-16-19-22-25-28-30-31-33-34-37-40-43-46-49-52-55-61(64)67-58-59(57-66-60(63)54-51-48-45-42-39-36-27-24-21-18-15-12-9-6-3)68-62(65)56-53-50-47-44-41-38-35-32-29-26-23-20-17-14-11-8-5-2/h7,10,16,19,24-29,31,33,37,40,59H,4-6,8-9,11-15,17-18,20-23,30,32,34-36,38-39,41-58H2,1-3H3/b10-7+,19-16+,27-24+,28-25+,29-26+,33-31+,40-37+/t59-/m1/s1. The van der Waals surface area contributed by atoms with Crippen LogP contribution < -0.4 is 0 Å². The molecule has 0 bridgehead atoms. The summed E-state index contributed by atoms with van der Waals surface area (Å²) >= 11 is 0. The van der Waals surface area contributed by atoms with Gasteiger partial charge in [-0.2, -0.15) is 0 Å². The molecular weight excluding hydrogens is 841 g/mol. The molecule has 390 valence electrons. The lowest BCUT2D eigenvalue weighted by molar-refractivity contribution is -0.167. The molecule has 6 nitrogen and oxygen atoms in total. The Morgan fingerprint density at radius 3 is 0.926 bits per heavy atom. The van der Waals surface area contributed by atoms with Crippen molar-refractivity contribution in [2.75, 3.05) is 13.2 Å². The van der Waals surface area contributed by atoms with Gasteiger partial charge in [0.15, 0.2) is 6.10 Å². The van der Waals surface area contributed by atoms with Crippen molar-refractivity contribution in [3.63, 3.8) is 0 Å². The van der Waals surface area contributed by atoms with Crippen LogP contribution in [0, 0.1) is 0 Å². The molecule has 0 radical (unpaired) electrons. The molecule has 0 aromatic rings. The number of unbranched alkanes of at least 4 members (excludes halogenated alkanes) is 26. The Labute approximate surface area is 420 Å². The van der Waals surface area contributed by atoms with Crippen molar-refractivity contribution in [2.24, 2.45) is 0 Å². The highest BCUT2D eigenvalue weighted by Crippen LogP contribution is 2.14. The van der Waals surface area contributed by atoms with Gasteiger partial charge in [0.2, 0.25) is 0 Å². The van der Waals surface area contributed by atoms with Crippen LogP contribution in [-0.4, -0.2) is 37.2 Å². The molecule has 0 N–H and O–H groups in total. The SMILES string of the molecule is CC/C=C/C/C=C/C/C=C/C/C=C/C/C=C/CCCCCC(=O)OC[C@@H](COC(=O)CCCCCCC/C=C/CCCCCCC)OC(=O)CCCCCCCCC/C=C/CCCCCCCC. The number of allylic oxidation sites excluding steroid dienone is 14. The van der Waals surface area contributed by atoms with E-state index in [4.69, 9.17) is 14.2 Å². The monoisotopic (exact) mass is 947 g/mol. The fourth-order valence-corrected chi connectivity index (χ4v) is 7.81. The van der Waals surface area contributed by atoms with Crippen LogP contribution in [0.1, 0.15) is 271 Å². The number of rotatable bonds is 51. The lowest BCUT2D eigenvalue weighted by atomic mass is 10.1. The van der Waals surface area contributed by atoms with Gasteiger partial charge in [-0.15, -0.1) is 0 Å². The van der Waals surface area contributed by atoms with Gasteiger partial charge in [0.05, 0.1) is 0 Å². The first kappa shape index (κ1) is 64.6. The molecule has 0 amide bonds. The summed E-state index contributed by atoms with van der Waals surface area (Å²) < 4.78 is 16.8. The van der Waals surface area contributed by atoms with Gasteiger partial charge in [0.1, 0.15) is 13.2 Å². The average molecular weight is 948 g/mol. The summed E-state index contributed by atoms with van der Waals surface area (Å²) in [6.07, 6.45) is 72.8. The molecule has 68 heavy (non-hydrogen) atoms. The minimum atomic E-state index is -0.796. The third kappa shape index (κ3) is 53.5. The zero-order valence-electron chi connectivity index (χ0n) is 44.6. The van der Waals surface area contributed by atoms with Gasteiger partial charge in [-0.25, -0.2) is 0 Å². The molecule has 0 aromatic carbocycles. The van der Waals surface area contributed by atoms with E-state index in [1.807, 2.05) is 0 Å². The second-order valence-electron chi connectivity index (χ2n) is 18.8. The second-order valence-corrected chi connectivity index (χ2v) is 18.8. The topological polar surface area (TPSA) is 78.9 Å². The fourth-order valence-electron chi connectivity index (χ4n) is 7.81. The molecule has 0 aliphatic carbocycles. The Bertz CT molecular complexity index is 1320. The van der Waals surface area contributed by atoms with Crippen molar-refractivity contribution in [1.29, 1.82) is 0 Å². The normalized spacial score (nSPS) is 12.7. The predicted octanol–water partition coefficient (Wildman–Crippen LogP) is 19.2.